The van der Waals surface area contributed by atoms with Gasteiger partial charge in [-0.1, -0.05) is 0 Å². The van der Waals surface area contributed by atoms with Crippen LogP contribution in [0, 0.1) is 0 Å². The first kappa shape index (κ1) is 15.1. The molecule has 0 heterocycles. The van der Waals surface area contributed by atoms with E-state index in [2.05, 4.69) is 15.5 Å². The standard InChI is InChI=1S/C11H23N3O2/c1-9(15)8-10(12-2)11(16)13-6-5-7-14(3)4/h10,12H,5-8H2,1-4H3,(H,13,16)/t10-/m1/s1. The van der Waals surface area contributed by atoms with Crippen LogP contribution in [0.5, 0.6) is 0 Å². The lowest BCUT2D eigenvalue weighted by atomic mass is 10.1. The van der Waals surface area contributed by atoms with Crippen molar-refractivity contribution in [2.45, 2.75) is 25.8 Å². The van der Waals surface area contributed by atoms with Crippen molar-refractivity contribution in [1.82, 2.24) is 15.5 Å². The van der Waals surface area contributed by atoms with Crippen LogP contribution in [0.4, 0.5) is 0 Å². The summed E-state index contributed by atoms with van der Waals surface area (Å²) in [6, 6.07) is -0.406. The summed E-state index contributed by atoms with van der Waals surface area (Å²) in [4.78, 5) is 24.6. The number of Topliss-reactive ketones (excluding diaryl/α,β-unsaturated/α-hetero) is 1. The predicted octanol–water partition coefficient (Wildman–Crippen LogP) is -0.379. The topological polar surface area (TPSA) is 61.4 Å². The quantitative estimate of drug-likeness (QED) is 0.557. The Kier molecular flexibility index (Phi) is 7.76. The van der Waals surface area contributed by atoms with Gasteiger partial charge < -0.3 is 15.5 Å². The van der Waals surface area contributed by atoms with Crippen molar-refractivity contribution in [2.24, 2.45) is 0 Å². The number of amides is 1. The van der Waals surface area contributed by atoms with Gasteiger partial charge in [0.05, 0.1) is 6.04 Å². The van der Waals surface area contributed by atoms with Gasteiger partial charge in [0.1, 0.15) is 5.78 Å². The highest BCUT2D eigenvalue weighted by Crippen LogP contribution is 1.93. The Labute approximate surface area is 97.6 Å². The molecular formula is C11H23N3O2. The maximum absolute atomic E-state index is 11.6. The first-order valence-corrected chi connectivity index (χ1v) is 5.56. The summed E-state index contributed by atoms with van der Waals surface area (Å²) in [6.45, 7) is 3.08. The Hall–Kier alpha value is -0.940. The fraction of sp³-hybridized carbons (Fsp3) is 0.818. The minimum Gasteiger partial charge on any atom is -0.355 e. The molecule has 0 spiro atoms. The lowest BCUT2D eigenvalue weighted by molar-refractivity contribution is -0.126. The molecule has 1 amide bonds. The second-order valence-electron chi connectivity index (χ2n) is 4.20. The first-order valence-electron chi connectivity index (χ1n) is 5.56. The molecule has 2 N–H and O–H groups in total. The molecule has 0 saturated heterocycles. The molecular weight excluding hydrogens is 206 g/mol. The summed E-state index contributed by atoms with van der Waals surface area (Å²) >= 11 is 0. The molecule has 0 aliphatic heterocycles. The second-order valence-corrected chi connectivity index (χ2v) is 4.20. The van der Waals surface area contributed by atoms with Crippen molar-refractivity contribution in [3.05, 3.63) is 0 Å². The van der Waals surface area contributed by atoms with Crippen molar-refractivity contribution >= 4 is 11.7 Å². The van der Waals surface area contributed by atoms with Crippen molar-refractivity contribution < 1.29 is 9.59 Å². The van der Waals surface area contributed by atoms with Gasteiger partial charge in [0, 0.05) is 13.0 Å². The molecule has 0 bridgehead atoms. The maximum Gasteiger partial charge on any atom is 0.237 e. The number of rotatable bonds is 8. The molecule has 0 aromatic heterocycles. The van der Waals surface area contributed by atoms with Crippen LogP contribution in [0.1, 0.15) is 19.8 Å². The highest BCUT2D eigenvalue weighted by atomic mass is 16.2. The molecule has 0 radical (unpaired) electrons. The molecule has 0 rings (SSSR count). The average Bonchev–Trinajstić information content (AvgIpc) is 2.20. The van der Waals surface area contributed by atoms with Crippen molar-refractivity contribution in [3.63, 3.8) is 0 Å². The zero-order valence-electron chi connectivity index (χ0n) is 10.7. The average molecular weight is 229 g/mol. The molecule has 0 saturated carbocycles. The van der Waals surface area contributed by atoms with Gasteiger partial charge in [-0.25, -0.2) is 0 Å². The number of nitrogens with one attached hydrogen (secondary N) is 2. The Morgan fingerprint density at radius 1 is 1.31 bits per heavy atom. The van der Waals surface area contributed by atoms with Crippen LogP contribution in [0.15, 0.2) is 0 Å². The summed E-state index contributed by atoms with van der Waals surface area (Å²) in [5.41, 5.74) is 0. The molecule has 0 aliphatic carbocycles. The van der Waals surface area contributed by atoms with Gasteiger partial charge in [0.15, 0.2) is 0 Å². The molecule has 0 fully saturated rings. The normalized spacial score (nSPS) is 12.6. The summed E-state index contributed by atoms with van der Waals surface area (Å²) < 4.78 is 0. The number of hydrogen-bond donors (Lipinski definition) is 2. The van der Waals surface area contributed by atoms with Crippen LogP contribution in [0.2, 0.25) is 0 Å². The summed E-state index contributed by atoms with van der Waals surface area (Å²) in [7, 11) is 5.68. The summed E-state index contributed by atoms with van der Waals surface area (Å²) in [5.74, 6) is -0.0840. The van der Waals surface area contributed by atoms with Gasteiger partial charge in [-0.3, -0.25) is 9.59 Å². The van der Waals surface area contributed by atoms with E-state index in [0.29, 0.717) is 6.54 Å². The van der Waals surface area contributed by atoms with Crippen molar-refractivity contribution in [2.75, 3.05) is 34.2 Å². The lowest BCUT2D eigenvalue weighted by Gasteiger charge is -2.15. The minimum absolute atomic E-state index is 0.0165. The van der Waals surface area contributed by atoms with Crippen molar-refractivity contribution in [3.8, 4) is 0 Å². The van der Waals surface area contributed by atoms with E-state index >= 15 is 0 Å². The molecule has 0 aromatic carbocycles. The second kappa shape index (κ2) is 8.24. The zero-order valence-corrected chi connectivity index (χ0v) is 10.7. The zero-order chi connectivity index (χ0) is 12.6. The van der Waals surface area contributed by atoms with Crippen molar-refractivity contribution in [1.29, 1.82) is 0 Å². The van der Waals surface area contributed by atoms with Gasteiger partial charge in [0.25, 0.3) is 0 Å². The third-order valence-electron chi connectivity index (χ3n) is 2.24. The largest absolute Gasteiger partial charge is 0.355 e. The van der Waals surface area contributed by atoms with E-state index in [1.54, 1.807) is 7.05 Å². The summed E-state index contributed by atoms with van der Waals surface area (Å²) in [6.07, 6.45) is 1.16. The number of likely N-dealkylation sites (N-methyl/N-ethyl adjacent to an activating group) is 1. The molecule has 0 unspecified atom stereocenters. The van der Waals surface area contributed by atoms with E-state index in [9.17, 15) is 9.59 Å². The molecule has 5 heteroatoms. The molecule has 94 valence electrons. The number of hydrogen-bond acceptors (Lipinski definition) is 4. The molecule has 16 heavy (non-hydrogen) atoms. The minimum atomic E-state index is -0.406. The number of carbonyl (C=O) groups is 2. The molecule has 0 aliphatic rings. The first-order chi connectivity index (χ1) is 7.47. The third-order valence-corrected chi connectivity index (χ3v) is 2.24. The smallest absolute Gasteiger partial charge is 0.237 e. The molecule has 5 nitrogen and oxygen atoms in total. The SMILES string of the molecule is CN[C@H](CC(C)=O)C(=O)NCCCN(C)C. The lowest BCUT2D eigenvalue weighted by Crippen LogP contribution is -2.44. The Morgan fingerprint density at radius 3 is 2.38 bits per heavy atom. The van der Waals surface area contributed by atoms with E-state index < -0.39 is 6.04 Å². The van der Waals surface area contributed by atoms with Crippen LogP contribution in [-0.2, 0) is 9.59 Å². The third kappa shape index (κ3) is 7.36. The predicted molar refractivity (Wildman–Crippen MR) is 64.3 cm³/mol. The van der Waals surface area contributed by atoms with Crippen LogP contribution in [-0.4, -0.2) is 56.9 Å². The van der Waals surface area contributed by atoms with Crippen LogP contribution in [0.25, 0.3) is 0 Å². The van der Waals surface area contributed by atoms with Crippen LogP contribution >= 0.6 is 0 Å². The fourth-order valence-corrected chi connectivity index (χ4v) is 1.34. The van der Waals surface area contributed by atoms with Gasteiger partial charge in [0.2, 0.25) is 5.91 Å². The Balaban J connectivity index is 3.80. The highest BCUT2D eigenvalue weighted by molar-refractivity contribution is 5.88. The van der Waals surface area contributed by atoms with E-state index in [1.165, 1.54) is 6.92 Å². The monoisotopic (exact) mass is 229 g/mol. The Morgan fingerprint density at radius 2 is 1.94 bits per heavy atom. The van der Waals surface area contributed by atoms with Crippen LogP contribution < -0.4 is 10.6 Å². The number of carbonyl (C=O) groups excluding carboxylic acids is 2. The molecule has 0 aromatic rings. The van der Waals surface area contributed by atoms with E-state index in [1.807, 2.05) is 14.1 Å². The van der Waals surface area contributed by atoms with Gasteiger partial charge >= 0.3 is 0 Å². The van der Waals surface area contributed by atoms with Gasteiger partial charge in [-0.15, -0.1) is 0 Å². The maximum atomic E-state index is 11.6. The molecule has 1 atom stereocenters. The number of nitrogens with zero attached hydrogens (tertiary/aromatic N) is 1. The van der Waals surface area contributed by atoms with E-state index in [4.69, 9.17) is 0 Å². The van der Waals surface area contributed by atoms with Crippen LogP contribution in [0.3, 0.4) is 0 Å². The Bertz CT molecular complexity index is 229. The highest BCUT2D eigenvalue weighted by Gasteiger charge is 2.17. The fourth-order valence-electron chi connectivity index (χ4n) is 1.34. The number of ketones is 1. The van der Waals surface area contributed by atoms with Gasteiger partial charge in [-0.2, -0.15) is 0 Å². The van der Waals surface area contributed by atoms with E-state index in [-0.39, 0.29) is 18.1 Å². The van der Waals surface area contributed by atoms with E-state index in [0.717, 1.165) is 13.0 Å². The van der Waals surface area contributed by atoms with Gasteiger partial charge in [-0.05, 0) is 41.0 Å². The summed E-state index contributed by atoms with van der Waals surface area (Å²) in [5, 5.41) is 5.65.